The van der Waals surface area contributed by atoms with Gasteiger partial charge in [0.1, 0.15) is 11.6 Å². The van der Waals surface area contributed by atoms with Crippen LogP contribution in [0.4, 0.5) is 5.82 Å². The second-order valence-corrected chi connectivity index (χ2v) is 4.59. The molecule has 0 aliphatic rings. The Morgan fingerprint density at radius 2 is 2.06 bits per heavy atom. The second kappa shape index (κ2) is 5.33. The third kappa shape index (κ3) is 2.78. The van der Waals surface area contributed by atoms with E-state index in [1.165, 1.54) is 0 Å². The predicted octanol–water partition coefficient (Wildman–Crippen LogP) is 2.62. The van der Waals surface area contributed by atoms with E-state index < -0.39 is 0 Å². The second-order valence-electron chi connectivity index (χ2n) is 4.15. The lowest BCUT2D eigenvalue weighted by Gasteiger charge is -2.09. The normalized spacial score (nSPS) is 10.4. The number of hydrogen-bond donors (Lipinski definition) is 2. The van der Waals surface area contributed by atoms with Crippen molar-refractivity contribution >= 4 is 17.4 Å². The largest absolute Gasteiger partial charge is 0.308 e. The molecule has 0 aliphatic heterocycles. The van der Waals surface area contributed by atoms with E-state index >= 15 is 0 Å². The molecule has 0 bridgehead atoms. The molecule has 2 aromatic rings. The van der Waals surface area contributed by atoms with Crippen molar-refractivity contribution in [1.82, 2.24) is 9.97 Å². The lowest BCUT2D eigenvalue weighted by Crippen LogP contribution is -2.13. The molecular weight excluding hydrogens is 248 g/mol. The van der Waals surface area contributed by atoms with Crippen LogP contribution in [0.3, 0.4) is 0 Å². The number of nitrogens with zero attached hydrogens (tertiary/aromatic N) is 2. The van der Waals surface area contributed by atoms with Gasteiger partial charge in [-0.2, -0.15) is 0 Å². The van der Waals surface area contributed by atoms with Crippen LogP contribution in [0.15, 0.2) is 24.3 Å². The number of rotatable bonds is 3. The minimum Gasteiger partial charge on any atom is -0.308 e. The zero-order valence-electron chi connectivity index (χ0n) is 10.4. The van der Waals surface area contributed by atoms with Gasteiger partial charge in [-0.1, -0.05) is 23.7 Å². The Hall–Kier alpha value is -1.65. The number of hydrazine groups is 1. The highest BCUT2D eigenvalue weighted by Crippen LogP contribution is 2.17. The highest BCUT2D eigenvalue weighted by molar-refractivity contribution is 6.30. The number of halogens is 1. The first-order valence-electron chi connectivity index (χ1n) is 5.65. The molecule has 0 fully saturated rings. The Balaban J connectivity index is 2.32. The minimum absolute atomic E-state index is 0.635. The van der Waals surface area contributed by atoms with Crippen LogP contribution in [0.5, 0.6) is 0 Å². The maximum absolute atomic E-state index is 5.95. The Bertz CT molecular complexity index is 569. The number of aromatic nitrogens is 2. The van der Waals surface area contributed by atoms with E-state index in [0.717, 1.165) is 22.6 Å². The van der Waals surface area contributed by atoms with E-state index in [1.54, 1.807) is 0 Å². The number of benzene rings is 1. The van der Waals surface area contributed by atoms with Gasteiger partial charge < -0.3 is 5.43 Å². The van der Waals surface area contributed by atoms with Crippen LogP contribution in [0.2, 0.25) is 5.02 Å². The molecule has 5 heteroatoms. The first-order valence-corrected chi connectivity index (χ1v) is 6.03. The van der Waals surface area contributed by atoms with Crippen molar-refractivity contribution in [2.45, 2.75) is 20.3 Å². The van der Waals surface area contributed by atoms with E-state index in [4.69, 9.17) is 17.4 Å². The van der Waals surface area contributed by atoms with Crippen LogP contribution < -0.4 is 11.3 Å². The maximum atomic E-state index is 5.95. The maximum Gasteiger partial charge on any atom is 0.146 e. The minimum atomic E-state index is 0.635. The summed E-state index contributed by atoms with van der Waals surface area (Å²) in [6, 6.07) is 7.68. The molecule has 1 aromatic heterocycles. The molecule has 3 N–H and O–H groups in total. The van der Waals surface area contributed by atoms with E-state index in [0.29, 0.717) is 17.3 Å². The molecule has 1 aromatic carbocycles. The summed E-state index contributed by atoms with van der Waals surface area (Å²) in [7, 11) is 0. The number of nitrogen functional groups attached to an aromatic ring is 1. The van der Waals surface area contributed by atoms with Gasteiger partial charge in [-0.15, -0.1) is 0 Å². The zero-order valence-corrected chi connectivity index (χ0v) is 11.1. The third-order valence-corrected chi connectivity index (χ3v) is 3.06. The zero-order chi connectivity index (χ0) is 13.1. The van der Waals surface area contributed by atoms with E-state index in [9.17, 15) is 0 Å². The average molecular weight is 263 g/mol. The molecule has 4 nitrogen and oxygen atoms in total. The fourth-order valence-corrected chi connectivity index (χ4v) is 1.95. The molecule has 0 saturated carbocycles. The Kier molecular flexibility index (Phi) is 3.79. The molecule has 2 rings (SSSR count). The number of anilines is 1. The lowest BCUT2D eigenvalue weighted by atomic mass is 10.1. The Morgan fingerprint density at radius 1 is 1.28 bits per heavy atom. The summed E-state index contributed by atoms with van der Waals surface area (Å²) in [4.78, 5) is 8.84. The number of nitrogens with one attached hydrogen (secondary N) is 1. The van der Waals surface area contributed by atoms with Crippen molar-refractivity contribution in [2.24, 2.45) is 5.84 Å². The quantitative estimate of drug-likeness (QED) is 0.659. The SMILES string of the molecule is Cc1nc(Cc2cccc(Cl)c2)nc(NN)c1C. The fraction of sp³-hybridized carbons (Fsp3) is 0.231. The highest BCUT2D eigenvalue weighted by atomic mass is 35.5. The monoisotopic (exact) mass is 262 g/mol. The average Bonchev–Trinajstić information content (AvgIpc) is 2.33. The van der Waals surface area contributed by atoms with Gasteiger partial charge in [0.2, 0.25) is 0 Å². The topological polar surface area (TPSA) is 63.8 Å². The van der Waals surface area contributed by atoms with E-state index in [2.05, 4.69) is 15.4 Å². The van der Waals surface area contributed by atoms with Crippen molar-refractivity contribution in [3.05, 3.63) is 51.9 Å². The van der Waals surface area contributed by atoms with Crippen LogP contribution in [-0.4, -0.2) is 9.97 Å². The standard InChI is InChI=1S/C13H15ClN4/c1-8-9(2)16-12(17-13(8)18-15)7-10-4-3-5-11(14)6-10/h3-6H,7,15H2,1-2H3,(H,16,17,18). The van der Waals surface area contributed by atoms with Gasteiger partial charge in [-0.25, -0.2) is 15.8 Å². The van der Waals surface area contributed by atoms with Gasteiger partial charge in [0.25, 0.3) is 0 Å². The van der Waals surface area contributed by atoms with Crippen LogP contribution >= 0.6 is 11.6 Å². The van der Waals surface area contributed by atoms with Gasteiger partial charge in [-0.05, 0) is 31.5 Å². The van der Waals surface area contributed by atoms with Crippen molar-refractivity contribution < 1.29 is 0 Å². The van der Waals surface area contributed by atoms with Crippen molar-refractivity contribution in [3.63, 3.8) is 0 Å². The highest BCUT2D eigenvalue weighted by Gasteiger charge is 2.07. The molecule has 0 spiro atoms. The molecule has 0 radical (unpaired) electrons. The fourth-order valence-electron chi connectivity index (χ4n) is 1.74. The van der Waals surface area contributed by atoms with Crippen LogP contribution in [-0.2, 0) is 6.42 Å². The summed E-state index contributed by atoms with van der Waals surface area (Å²) >= 11 is 5.95. The molecule has 0 amide bonds. The Morgan fingerprint density at radius 3 is 2.72 bits per heavy atom. The molecule has 94 valence electrons. The van der Waals surface area contributed by atoms with Gasteiger partial charge in [0, 0.05) is 22.7 Å². The summed E-state index contributed by atoms with van der Waals surface area (Å²) in [5, 5.41) is 0.716. The lowest BCUT2D eigenvalue weighted by molar-refractivity contribution is 0.925. The molecular formula is C13H15ClN4. The van der Waals surface area contributed by atoms with E-state index in [-0.39, 0.29) is 0 Å². The number of aryl methyl sites for hydroxylation is 1. The van der Waals surface area contributed by atoms with Gasteiger partial charge in [-0.3, -0.25) is 0 Å². The molecule has 0 atom stereocenters. The molecule has 0 aliphatic carbocycles. The van der Waals surface area contributed by atoms with Crippen LogP contribution in [0.1, 0.15) is 22.6 Å². The molecule has 1 heterocycles. The first-order chi connectivity index (χ1) is 8.60. The smallest absolute Gasteiger partial charge is 0.146 e. The van der Waals surface area contributed by atoms with Crippen molar-refractivity contribution in [1.29, 1.82) is 0 Å². The molecule has 0 unspecified atom stereocenters. The van der Waals surface area contributed by atoms with Crippen LogP contribution in [0, 0.1) is 13.8 Å². The molecule has 18 heavy (non-hydrogen) atoms. The van der Waals surface area contributed by atoms with Gasteiger partial charge >= 0.3 is 0 Å². The number of nitrogens with two attached hydrogens (primary N) is 1. The Labute approximate surface area is 111 Å². The van der Waals surface area contributed by atoms with E-state index in [1.807, 2.05) is 38.1 Å². The summed E-state index contributed by atoms with van der Waals surface area (Å²) in [5.74, 6) is 6.84. The summed E-state index contributed by atoms with van der Waals surface area (Å²) < 4.78 is 0. The van der Waals surface area contributed by atoms with Gasteiger partial charge in [0.05, 0.1) is 0 Å². The predicted molar refractivity (Wildman–Crippen MR) is 73.6 cm³/mol. The third-order valence-electron chi connectivity index (χ3n) is 2.82. The van der Waals surface area contributed by atoms with Gasteiger partial charge in [0.15, 0.2) is 0 Å². The first kappa shape index (κ1) is 12.8. The summed E-state index contributed by atoms with van der Waals surface area (Å²) in [6.07, 6.45) is 0.635. The number of hydrogen-bond acceptors (Lipinski definition) is 4. The summed E-state index contributed by atoms with van der Waals surface area (Å²) in [5.41, 5.74) is 5.57. The van der Waals surface area contributed by atoms with Crippen molar-refractivity contribution in [3.8, 4) is 0 Å². The van der Waals surface area contributed by atoms with Crippen molar-refractivity contribution in [2.75, 3.05) is 5.43 Å². The molecule has 0 saturated heterocycles. The summed E-state index contributed by atoms with van der Waals surface area (Å²) in [6.45, 7) is 3.88. The van der Waals surface area contributed by atoms with Crippen LogP contribution in [0.25, 0.3) is 0 Å².